The lowest BCUT2D eigenvalue weighted by Crippen LogP contribution is -2.55. The van der Waals surface area contributed by atoms with Crippen LogP contribution in [-0.4, -0.2) is 46.4 Å². The number of nitrogens with one attached hydrogen (secondary N) is 1. The summed E-state index contributed by atoms with van der Waals surface area (Å²) >= 11 is 0. The molecule has 23 heavy (non-hydrogen) atoms. The molecule has 0 spiro atoms. The van der Waals surface area contributed by atoms with Crippen LogP contribution in [0.5, 0.6) is 0 Å². The van der Waals surface area contributed by atoms with Crippen LogP contribution in [0.25, 0.3) is 0 Å². The summed E-state index contributed by atoms with van der Waals surface area (Å²) in [6, 6.07) is 6.63. The van der Waals surface area contributed by atoms with Crippen LogP contribution < -0.4 is 10.2 Å². The highest BCUT2D eigenvalue weighted by molar-refractivity contribution is 5.89. The standard InChI is InChI=1S/C16H20FN5O/c1-12-10-21(16(23)19-13-9-18-20(2)11-13)7-8-22(12)15-6-4-3-5-14(15)17/h3-6,9,11-12H,7-8,10H2,1-2H3,(H,19,23). The summed E-state index contributed by atoms with van der Waals surface area (Å²) in [5.41, 5.74) is 1.26. The molecule has 2 amide bonds. The molecule has 0 radical (unpaired) electrons. The third-order valence-electron chi connectivity index (χ3n) is 4.03. The molecule has 1 fully saturated rings. The number of hydrogen-bond acceptors (Lipinski definition) is 3. The van der Waals surface area contributed by atoms with Gasteiger partial charge in [0.2, 0.25) is 0 Å². The molecule has 1 saturated heterocycles. The molecule has 1 unspecified atom stereocenters. The van der Waals surface area contributed by atoms with Crippen molar-refractivity contribution in [2.75, 3.05) is 29.9 Å². The second kappa shape index (κ2) is 6.28. The van der Waals surface area contributed by atoms with Crippen molar-refractivity contribution in [1.82, 2.24) is 14.7 Å². The number of piperazine rings is 1. The zero-order chi connectivity index (χ0) is 16.4. The Kier molecular flexibility index (Phi) is 4.18. The topological polar surface area (TPSA) is 53.4 Å². The number of carbonyl (C=O) groups excluding carboxylic acids is 1. The maximum Gasteiger partial charge on any atom is 0.322 e. The van der Waals surface area contributed by atoms with Crippen LogP contribution >= 0.6 is 0 Å². The third-order valence-corrected chi connectivity index (χ3v) is 4.03. The molecular formula is C16H20FN5O. The fourth-order valence-electron chi connectivity index (χ4n) is 2.87. The summed E-state index contributed by atoms with van der Waals surface area (Å²) in [6.45, 7) is 3.68. The number of hydrogen-bond donors (Lipinski definition) is 1. The highest BCUT2D eigenvalue weighted by Crippen LogP contribution is 2.23. The fraction of sp³-hybridized carbons (Fsp3) is 0.375. The number of halogens is 1. The number of amides is 2. The van der Waals surface area contributed by atoms with E-state index in [9.17, 15) is 9.18 Å². The third kappa shape index (κ3) is 3.28. The molecule has 7 heteroatoms. The first-order chi connectivity index (χ1) is 11.0. The van der Waals surface area contributed by atoms with E-state index in [-0.39, 0.29) is 17.9 Å². The van der Waals surface area contributed by atoms with Gasteiger partial charge in [0.25, 0.3) is 0 Å². The molecule has 0 bridgehead atoms. The van der Waals surface area contributed by atoms with Gasteiger partial charge in [0.15, 0.2) is 0 Å². The van der Waals surface area contributed by atoms with E-state index < -0.39 is 0 Å². The van der Waals surface area contributed by atoms with Crippen molar-refractivity contribution in [3.8, 4) is 0 Å². The Hall–Kier alpha value is -2.57. The van der Waals surface area contributed by atoms with Crippen molar-refractivity contribution in [2.24, 2.45) is 7.05 Å². The average molecular weight is 317 g/mol. The van der Waals surface area contributed by atoms with Crippen molar-refractivity contribution >= 4 is 17.4 Å². The molecule has 0 aliphatic carbocycles. The minimum atomic E-state index is -0.229. The van der Waals surface area contributed by atoms with Gasteiger partial charge >= 0.3 is 6.03 Å². The second-order valence-electron chi connectivity index (χ2n) is 5.77. The van der Waals surface area contributed by atoms with Gasteiger partial charge in [-0.2, -0.15) is 5.10 Å². The van der Waals surface area contributed by atoms with Crippen LogP contribution in [0.2, 0.25) is 0 Å². The van der Waals surface area contributed by atoms with Gasteiger partial charge in [0, 0.05) is 38.9 Å². The number of para-hydroxylation sites is 1. The molecule has 1 aliphatic heterocycles. The van der Waals surface area contributed by atoms with Gasteiger partial charge in [-0.3, -0.25) is 4.68 Å². The van der Waals surface area contributed by atoms with Gasteiger partial charge in [-0.05, 0) is 19.1 Å². The summed E-state index contributed by atoms with van der Waals surface area (Å²) in [6.07, 6.45) is 3.36. The minimum Gasteiger partial charge on any atom is -0.363 e. The Balaban J connectivity index is 1.64. The Bertz CT molecular complexity index is 701. The van der Waals surface area contributed by atoms with Crippen molar-refractivity contribution in [1.29, 1.82) is 0 Å². The van der Waals surface area contributed by atoms with Gasteiger partial charge < -0.3 is 15.1 Å². The van der Waals surface area contributed by atoms with Crippen LogP contribution in [0.1, 0.15) is 6.92 Å². The highest BCUT2D eigenvalue weighted by atomic mass is 19.1. The van der Waals surface area contributed by atoms with Crippen molar-refractivity contribution in [2.45, 2.75) is 13.0 Å². The number of urea groups is 1. The van der Waals surface area contributed by atoms with Gasteiger partial charge in [0.1, 0.15) is 5.82 Å². The minimum absolute atomic E-state index is 0.0419. The maximum absolute atomic E-state index is 13.9. The Labute approximate surface area is 134 Å². The molecule has 0 saturated carbocycles. The van der Waals surface area contributed by atoms with Gasteiger partial charge in [-0.25, -0.2) is 9.18 Å². The lowest BCUT2D eigenvalue weighted by Gasteiger charge is -2.41. The molecule has 122 valence electrons. The van der Waals surface area contributed by atoms with E-state index >= 15 is 0 Å². The van der Waals surface area contributed by atoms with Crippen molar-refractivity contribution in [3.05, 3.63) is 42.5 Å². The average Bonchev–Trinajstić information content (AvgIpc) is 2.93. The Morgan fingerprint density at radius 2 is 2.13 bits per heavy atom. The van der Waals surface area contributed by atoms with Crippen molar-refractivity contribution < 1.29 is 9.18 Å². The zero-order valence-corrected chi connectivity index (χ0v) is 13.2. The molecule has 1 aromatic carbocycles. The summed E-state index contributed by atoms with van der Waals surface area (Å²) in [4.78, 5) is 16.1. The number of aryl methyl sites for hydroxylation is 1. The predicted molar refractivity (Wildman–Crippen MR) is 87.0 cm³/mol. The summed E-state index contributed by atoms with van der Waals surface area (Å²) in [7, 11) is 1.80. The first-order valence-electron chi connectivity index (χ1n) is 7.60. The summed E-state index contributed by atoms with van der Waals surface area (Å²) < 4.78 is 15.6. The monoisotopic (exact) mass is 317 g/mol. The smallest absolute Gasteiger partial charge is 0.322 e. The summed E-state index contributed by atoms with van der Waals surface area (Å²) in [5.74, 6) is -0.229. The molecule has 1 N–H and O–H groups in total. The van der Waals surface area contributed by atoms with Crippen LogP contribution in [0.3, 0.4) is 0 Å². The summed E-state index contributed by atoms with van der Waals surface area (Å²) in [5, 5.41) is 6.85. The van der Waals surface area contributed by atoms with E-state index in [2.05, 4.69) is 10.4 Å². The first kappa shape index (κ1) is 15.3. The molecule has 1 aromatic heterocycles. The van der Waals surface area contributed by atoms with Crippen LogP contribution in [0, 0.1) is 5.82 Å². The molecule has 1 aliphatic rings. The van der Waals surface area contributed by atoms with E-state index in [0.717, 1.165) is 0 Å². The lowest BCUT2D eigenvalue weighted by molar-refractivity contribution is 0.200. The van der Waals surface area contributed by atoms with Crippen molar-refractivity contribution in [3.63, 3.8) is 0 Å². The second-order valence-corrected chi connectivity index (χ2v) is 5.77. The number of carbonyl (C=O) groups is 1. The number of nitrogens with zero attached hydrogens (tertiary/aromatic N) is 4. The predicted octanol–water partition coefficient (Wildman–Crippen LogP) is 2.30. The molecule has 6 nitrogen and oxygen atoms in total. The molecule has 2 aromatic rings. The lowest BCUT2D eigenvalue weighted by atomic mass is 10.1. The fourth-order valence-corrected chi connectivity index (χ4v) is 2.87. The SMILES string of the molecule is CC1CN(C(=O)Nc2cnn(C)c2)CCN1c1ccccc1F. The Morgan fingerprint density at radius 3 is 2.78 bits per heavy atom. The largest absolute Gasteiger partial charge is 0.363 e. The quantitative estimate of drug-likeness (QED) is 0.925. The van der Waals surface area contributed by atoms with Gasteiger partial charge in [0.05, 0.1) is 17.6 Å². The van der Waals surface area contributed by atoms with Crippen LogP contribution in [0.15, 0.2) is 36.7 Å². The molecule has 3 rings (SSSR count). The van der Waals surface area contributed by atoms with E-state index in [1.807, 2.05) is 17.9 Å². The van der Waals surface area contributed by atoms with Crippen LogP contribution in [-0.2, 0) is 7.05 Å². The maximum atomic E-state index is 13.9. The van der Waals surface area contributed by atoms with E-state index in [0.29, 0.717) is 31.0 Å². The molecule has 2 heterocycles. The normalized spacial score (nSPS) is 18.1. The van der Waals surface area contributed by atoms with Crippen LogP contribution in [0.4, 0.5) is 20.6 Å². The number of aromatic nitrogens is 2. The molecular weight excluding hydrogens is 297 g/mol. The van der Waals surface area contributed by atoms with Gasteiger partial charge in [-0.15, -0.1) is 0 Å². The van der Waals surface area contributed by atoms with E-state index in [1.165, 1.54) is 6.07 Å². The zero-order valence-electron chi connectivity index (χ0n) is 13.2. The first-order valence-corrected chi connectivity index (χ1v) is 7.60. The number of benzene rings is 1. The van der Waals surface area contributed by atoms with E-state index in [4.69, 9.17) is 0 Å². The number of anilines is 2. The number of rotatable bonds is 2. The highest BCUT2D eigenvalue weighted by Gasteiger charge is 2.28. The van der Waals surface area contributed by atoms with Gasteiger partial charge in [-0.1, -0.05) is 12.1 Å². The van der Waals surface area contributed by atoms with E-state index in [1.54, 1.807) is 41.2 Å². The molecule has 1 atom stereocenters. The Morgan fingerprint density at radius 1 is 1.35 bits per heavy atom.